The first-order chi connectivity index (χ1) is 11.9. The molecule has 25 heavy (non-hydrogen) atoms. The molecular weight excluding hydrogens is 342 g/mol. The number of esters is 1. The highest BCUT2D eigenvalue weighted by Gasteiger charge is 2.09. The summed E-state index contributed by atoms with van der Waals surface area (Å²) in [5, 5.41) is 3.29. The van der Waals surface area contributed by atoms with Crippen molar-refractivity contribution in [3.05, 3.63) is 64.2 Å². The van der Waals surface area contributed by atoms with E-state index < -0.39 is 5.97 Å². The lowest BCUT2D eigenvalue weighted by Gasteiger charge is -2.09. The first kappa shape index (κ1) is 18.8. The summed E-state index contributed by atoms with van der Waals surface area (Å²) in [7, 11) is 0. The molecule has 0 bridgehead atoms. The predicted octanol–water partition coefficient (Wildman–Crippen LogP) is 3.20. The number of ether oxygens (including phenoxy) is 2. The molecule has 0 heterocycles. The van der Waals surface area contributed by atoms with Crippen LogP contribution in [0.1, 0.15) is 16.7 Å². The van der Waals surface area contributed by atoms with Crippen LogP contribution in [0.15, 0.2) is 42.5 Å². The monoisotopic (exact) mass is 361 g/mol. The molecule has 1 amide bonds. The zero-order chi connectivity index (χ0) is 18.2. The predicted molar refractivity (Wildman–Crippen MR) is 95.7 cm³/mol. The van der Waals surface area contributed by atoms with E-state index >= 15 is 0 Å². The van der Waals surface area contributed by atoms with Crippen LogP contribution in [0.3, 0.4) is 0 Å². The van der Waals surface area contributed by atoms with Crippen LogP contribution in [0, 0.1) is 13.8 Å². The second kappa shape index (κ2) is 9.08. The summed E-state index contributed by atoms with van der Waals surface area (Å²) in [6.07, 6.45) is 0. The minimum atomic E-state index is -0.596. The molecule has 0 aliphatic rings. The maximum absolute atomic E-state index is 11.7. The van der Waals surface area contributed by atoms with Gasteiger partial charge in [-0.25, -0.2) is 4.79 Å². The van der Waals surface area contributed by atoms with Crippen LogP contribution in [0.2, 0.25) is 5.02 Å². The number of hydrogen-bond acceptors (Lipinski definition) is 4. The Bertz CT molecular complexity index is 723. The van der Waals surface area contributed by atoms with Gasteiger partial charge < -0.3 is 14.8 Å². The molecule has 0 aliphatic carbocycles. The normalized spacial score (nSPS) is 10.2. The molecule has 0 atom stereocenters. The summed E-state index contributed by atoms with van der Waals surface area (Å²) in [4.78, 5) is 23.4. The van der Waals surface area contributed by atoms with E-state index in [2.05, 4.69) is 5.32 Å². The quantitative estimate of drug-likeness (QED) is 0.769. The van der Waals surface area contributed by atoms with Crippen LogP contribution in [0.25, 0.3) is 0 Å². The second-order valence-electron chi connectivity index (χ2n) is 5.68. The van der Waals surface area contributed by atoms with Gasteiger partial charge in [-0.1, -0.05) is 29.8 Å². The average molecular weight is 362 g/mol. The van der Waals surface area contributed by atoms with Crippen molar-refractivity contribution in [1.82, 2.24) is 5.32 Å². The number of carbonyl (C=O) groups excluding carboxylic acids is 2. The Hall–Kier alpha value is -2.53. The van der Waals surface area contributed by atoms with Gasteiger partial charge in [0.1, 0.15) is 5.75 Å². The van der Waals surface area contributed by atoms with E-state index in [1.165, 1.54) is 0 Å². The van der Waals surface area contributed by atoms with Crippen molar-refractivity contribution in [1.29, 1.82) is 0 Å². The fourth-order valence-corrected chi connectivity index (χ4v) is 2.33. The Labute approximate surface area is 151 Å². The van der Waals surface area contributed by atoms with Gasteiger partial charge in [-0.15, -0.1) is 0 Å². The molecule has 0 aromatic heterocycles. The Balaban J connectivity index is 1.68. The number of nitrogens with one attached hydrogen (secondary N) is 1. The third kappa shape index (κ3) is 6.85. The van der Waals surface area contributed by atoms with Crippen molar-refractivity contribution in [2.45, 2.75) is 20.4 Å². The van der Waals surface area contributed by atoms with Crippen LogP contribution in [-0.4, -0.2) is 25.1 Å². The number of carbonyl (C=O) groups is 2. The van der Waals surface area contributed by atoms with Crippen molar-refractivity contribution in [2.75, 3.05) is 13.2 Å². The van der Waals surface area contributed by atoms with E-state index in [1.54, 1.807) is 12.1 Å². The van der Waals surface area contributed by atoms with Gasteiger partial charge >= 0.3 is 5.97 Å². The smallest absolute Gasteiger partial charge is 0.344 e. The molecule has 0 saturated carbocycles. The molecule has 1 N–H and O–H groups in total. The average Bonchev–Trinajstić information content (AvgIpc) is 2.57. The maximum atomic E-state index is 11.7. The molecule has 0 fully saturated rings. The van der Waals surface area contributed by atoms with E-state index in [0.717, 1.165) is 16.7 Å². The van der Waals surface area contributed by atoms with Crippen molar-refractivity contribution in [2.24, 2.45) is 0 Å². The lowest BCUT2D eigenvalue weighted by atomic mass is 10.1. The van der Waals surface area contributed by atoms with Crippen LogP contribution >= 0.6 is 11.6 Å². The number of hydrogen-bond donors (Lipinski definition) is 1. The summed E-state index contributed by atoms with van der Waals surface area (Å²) >= 11 is 5.79. The Morgan fingerprint density at radius 3 is 2.28 bits per heavy atom. The Kier molecular flexibility index (Phi) is 6.83. The molecule has 0 radical (unpaired) electrons. The van der Waals surface area contributed by atoms with Crippen molar-refractivity contribution in [3.8, 4) is 5.75 Å². The summed E-state index contributed by atoms with van der Waals surface area (Å²) in [5.41, 5.74) is 3.00. The molecule has 2 aromatic rings. The fourth-order valence-electron chi connectivity index (χ4n) is 2.20. The zero-order valence-corrected chi connectivity index (χ0v) is 14.9. The van der Waals surface area contributed by atoms with Gasteiger partial charge in [-0.3, -0.25) is 4.79 Å². The van der Waals surface area contributed by atoms with Crippen molar-refractivity contribution >= 4 is 23.5 Å². The lowest BCUT2D eigenvalue weighted by Crippen LogP contribution is -2.29. The van der Waals surface area contributed by atoms with Crippen LogP contribution in [0.5, 0.6) is 5.75 Å². The molecule has 132 valence electrons. The van der Waals surface area contributed by atoms with E-state index in [4.69, 9.17) is 21.1 Å². The highest BCUT2D eigenvalue weighted by molar-refractivity contribution is 6.30. The topological polar surface area (TPSA) is 64.6 Å². The highest BCUT2D eigenvalue weighted by Crippen LogP contribution is 2.16. The number of amides is 1. The SMILES string of the molecule is Cc1cc(C)cc(OCC(=O)OCC(=O)NCc2ccc(Cl)cc2)c1. The summed E-state index contributed by atoms with van der Waals surface area (Å²) in [6, 6.07) is 12.8. The van der Waals surface area contributed by atoms with E-state index in [-0.39, 0.29) is 19.1 Å². The zero-order valence-electron chi connectivity index (χ0n) is 14.2. The van der Waals surface area contributed by atoms with E-state index in [9.17, 15) is 9.59 Å². The van der Waals surface area contributed by atoms with Gasteiger partial charge in [0.05, 0.1) is 0 Å². The van der Waals surface area contributed by atoms with Gasteiger partial charge in [0.25, 0.3) is 5.91 Å². The van der Waals surface area contributed by atoms with Gasteiger partial charge in [-0.05, 0) is 54.8 Å². The second-order valence-corrected chi connectivity index (χ2v) is 6.11. The lowest BCUT2D eigenvalue weighted by molar-refractivity contribution is -0.150. The first-order valence-corrected chi connectivity index (χ1v) is 8.18. The Morgan fingerprint density at radius 2 is 1.64 bits per heavy atom. The number of benzene rings is 2. The van der Waals surface area contributed by atoms with Crippen LogP contribution in [0.4, 0.5) is 0 Å². The maximum Gasteiger partial charge on any atom is 0.344 e. The summed E-state index contributed by atoms with van der Waals surface area (Å²) in [5.74, 6) is -0.378. The molecule has 0 aliphatic heterocycles. The molecule has 2 aromatic carbocycles. The Morgan fingerprint density at radius 1 is 1.00 bits per heavy atom. The summed E-state index contributed by atoms with van der Waals surface area (Å²) in [6.45, 7) is 3.65. The van der Waals surface area contributed by atoms with Crippen LogP contribution in [-0.2, 0) is 20.9 Å². The summed E-state index contributed by atoms with van der Waals surface area (Å²) < 4.78 is 10.3. The number of aryl methyl sites for hydroxylation is 2. The molecule has 0 unspecified atom stereocenters. The molecule has 5 nitrogen and oxygen atoms in total. The first-order valence-electron chi connectivity index (χ1n) is 7.80. The molecule has 0 spiro atoms. The van der Waals surface area contributed by atoms with Gasteiger partial charge in [0.15, 0.2) is 13.2 Å². The molecule has 6 heteroatoms. The minimum absolute atomic E-state index is 0.243. The largest absolute Gasteiger partial charge is 0.482 e. The number of halogens is 1. The van der Waals surface area contributed by atoms with E-state index in [1.807, 2.05) is 44.2 Å². The van der Waals surface area contributed by atoms with Gasteiger partial charge in [0, 0.05) is 11.6 Å². The highest BCUT2D eigenvalue weighted by atomic mass is 35.5. The third-order valence-corrected chi connectivity index (χ3v) is 3.57. The molecular formula is C19H20ClNO4. The van der Waals surface area contributed by atoms with Crippen molar-refractivity contribution in [3.63, 3.8) is 0 Å². The number of rotatable bonds is 7. The standard InChI is InChI=1S/C19H20ClNO4/c1-13-7-14(2)9-17(8-13)24-12-19(23)25-11-18(22)21-10-15-3-5-16(20)6-4-15/h3-9H,10-12H2,1-2H3,(H,21,22). The third-order valence-electron chi connectivity index (χ3n) is 3.32. The fraction of sp³-hybridized carbons (Fsp3) is 0.263. The van der Waals surface area contributed by atoms with Gasteiger partial charge in [-0.2, -0.15) is 0 Å². The van der Waals surface area contributed by atoms with E-state index in [0.29, 0.717) is 17.3 Å². The minimum Gasteiger partial charge on any atom is -0.482 e. The van der Waals surface area contributed by atoms with Crippen LogP contribution < -0.4 is 10.1 Å². The molecule has 0 saturated heterocycles. The molecule has 2 rings (SSSR count). The van der Waals surface area contributed by atoms with Crippen molar-refractivity contribution < 1.29 is 19.1 Å². The van der Waals surface area contributed by atoms with Gasteiger partial charge in [0.2, 0.25) is 0 Å².